The van der Waals surface area contributed by atoms with Crippen molar-refractivity contribution in [1.29, 1.82) is 0 Å². The van der Waals surface area contributed by atoms with Gasteiger partial charge in [-0.1, -0.05) is 6.07 Å². The first-order valence-corrected chi connectivity index (χ1v) is 7.00. The van der Waals surface area contributed by atoms with E-state index in [1.165, 1.54) is 6.07 Å². The zero-order valence-electron chi connectivity index (χ0n) is 11.4. The Labute approximate surface area is 121 Å². The van der Waals surface area contributed by atoms with Crippen LogP contribution in [0.1, 0.15) is 23.6 Å². The SMILES string of the molecule is O=C(NCCc1ccc[nH]1)C1CC1c1ccc(F)c(F)c1. The summed E-state index contributed by atoms with van der Waals surface area (Å²) >= 11 is 0. The Balaban J connectivity index is 1.50. The van der Waals surface area contributed by atoms with Crippen LogP contribution in [0.5, 0.6) is 0 Å². The third-order valence-electron chi connectivity index (χ3n) is 3.85. The number of aromatic nitrogens is 1. The normalized spacial score (nSPS) is 20.3. The van der Waals surface area contributed by atoms with Gasteiger partial charge in [-0.25, -0.2) is 8.78 Å². The van der Waals surface area contributed by atoms with Gasteiger partial charge in [-0.2, -0.15) is 0 Å². The van der Waals surface area contributed by atoms with Gasteiger partial charge in [0.25, 0.3) is 0 Å². The fraction of sp³-hybridized carbons (Fsp3) is 0.312. The van der Waals surface area contributed by atoms with Gasteiger partial charge in [-0.3, -0.25) is 4.79 Å². The maximum atomic E-state index is 13.2. The molecule has 0 bridgehead atoms. The summed E-state index contributed by atoms with van der Waals surface area (Å²) in [6, 6.07) is 7.73. The number of H-pyrrole nitrogens is 1. The second-order valence-corrected chi connectivity index (χ2v) is 5.36. The average molecular weight is 290 g/mol. The number of hydrogen-bond acceptors (Lipinski definition) is 1. The topological polar surface area (TPSA) is 44.9 Å². The van der Waals surface area contributed by atoms with Crippen LogP contribution in [0.3, 0.4) is 0 Å². The zero-order valence-corrected chi connectivity index (χ0v) is 11.4. The van der Waals surface area contributed by atoms with Gasteiger partial charge in [0.15, 0.2) is 11.6 Å². The second kappa shape index (κ2) is 5.68. The summed E-state index contributed by atoms with van der Waals surface area (Å²) in [6.45, 7) is 0.570. The van der Waals surface area contributed by atoms with E-state index in [0.29, 0.717) is 18.5 Å². The van der Waals surface area contributed by atoms with Crippen molar-refractivity contribution in [3.63, 3.8) is 0 Å². The minimum absolute atomic E-state index is 0.00517. The van der Waals surface area contributed by atoms with E-state index in [2.05, 4.69) is 10.3 Å². The van der Waals surface area contributed by atoms with E-state index >= 15 is 0 Å². The Morgan fingerprint density at radius 2 is 2.14 bits per heavy atom. The van der Waals surface area contributed by atoms with Crippen LogP contribution in [0.4, 0.5) is 8.78 Å². The van der Waals surface area contributed by atoms with E-state index in [0.717, 1.165) is 18.2 Å². The fourth-order valence-corrected chi connectivity index (χ4v) is 2.57. The lowest BCUT2D eigenvalue weighted by Gasteiger charge is -2.05. The van der Waals surface area contributed by atoms with Crippen molar-refractivity contribution in [3.05, 3.63) is 59.4 Å². The Morgan fingerprint density at radius 3 is 2.86 bits per heavy atom. The molecule has 1 aromatic carbocycles. The van der Waals surface area contributed by atoms with E-state index in [4.69, 9.17) is 0 Å². The average Bonchev–Trinajstić information content (AvgIpc) is 3.11. The number of aromatic amines is 1. The minimum atomic E-state index is -0.856. The van der Waals surface area contributed by atoms with Crippen molar-refractivity contribution in [2.75, 3.05) is 6.54 Å². The summed E-state index contributed by atoms with van der Waals surface area (Å²) in [5.74, 6) is -1.85. The monoisotopic (exact) mass is 290 g/mol. The van der Waals surface area contributed by atoms with E-state index in [1.54, 1.807) is 6.07 Å². The van der Waals surface area contributed by atoms with Crippen molar-refractivity contribution < 1.29 is 13.6 Å². The molecule has 0 aliphatic heterocycles. The number of benzene rings is 1. The largest absolute Gasteiger partial charge is 0.365 e. The second-order valence-electron chi connectivity index (χ2n) is 5.36. The molecule has 1 fully saturated rings. The van der Waals surface area contributed by atoms with Gasteiger partial charge in [0.2, 0.25) is 5.91 Å². The number of carbonyl (C=O) groups excluding carboxylic acids is 1. The Kier molecular flexibility index (Phi) is 3.73. The first-order valence-electron chi connectivity index (χ1n) is 7.00. The molecule has 110 valence electrons. The molecule has 21 heavy (non-hydrogen) atoms. The molecule has 3 nitrogen and oxygen atoms in total. The van der Waals surface area contributed by atoms with Crippen LogP contribution in [0, 0.1) is 17.6 Å². The molecule has 5 heteroatoms. The van der Waals surface area contributed by atoms with Gasteiger partial charge in [-0.15, -0.1) is 0 Å². The molecule has 2 atom stereocenters. The Bertz CT molecular complexity index is 640. The molecule has 0 spiro atoms. The van der Waals surface area contributed by atoms with E-state index in [-0.39, 0.29) is 17.7 Å². The van der Waals surface area contributed by atoms with Crippen LogP contribution in [-0.4, -0.2) is 17.4 Å². The maximum Gasteiger partial charge on any atom is 0.223 e. The first-order chi connectivity index (χ1) is 10.1. The molecular weight excluding hydrogens is 274 g/mol. The molecule has 0 radical (unpaired) electrons. The number of amides is 1. The predicted octanol–water partition coefficient (Wildman–Crippen LogP) is 2.76. The molecule has 2 N–H and O–H groups in total. The van der Waals surface area contributed by atoms with Crippen LogP contribution < -0.4 is 5.32 Å². The summed E-state index contributed by atoms with van der Waals surface area (Å²) in [7, 11) is 0. The quantitative estimate of drug-likeness (QED) is 0.874. The minimum Gasteiger partial charge on any atom is -0.365 e. The van der Waals surface area contributed by atoms with Gasteiger partial charge < -0.3 is 10.3 Å². The molecule has 1 aliphatic carbocycles. The van der Waals surface area contributed by atoms with Crippen LogP contribution in [0.2, 0.25) is 0 Å². The molecule has 2 aromatic rings. The maximum absolute atomic E-state index is 13.2. The van der Waals surface area contributed by atoms with Gasteiger partial charge in [-0.05, 0) is 42.2 Å². The van der Waals surface area contributed by atoms with E-state index in [9.17, 15) is 13.6 Å². The highest BCUT2D eigenvalue weighted by Crippen LogP contribution is 2.47. The standard InChI is InChI=1S/C16H16F2N2O/c17-14-4-3-10(8-15(14)18)12-9-13(12)16(21)20-7-5-11-2-1-6-19-11/h1-4,6,8,12-13,19H,5,7,9H2,(H,20,21). The van der Waals surface area contributed by atoms with Gasteiger partial charge >= 0.3 is 0 Å². The van der Waals surface area contributed by atoms with Crippen molar-refractivity contribution in [2.45, 2.75) is 18.8 Å². The van der Waals surface area contributed by atoms with Crippen LogP contribution >= 0.6 is 0 Å². The third kappa shape index (κ3) is 3.12. The lowest BCUT2D eigenvalue weighted by atomic mass is 10.1. The van der Waals surface area contributed by atoms with Crippen molar-refractivity contribution >= 4 is 5.91 Å². The van der Waals surface area contributed by atoms with Crippen molar-refractivity contribution in [1.82, 2.24) is 10.3 Å². The Morgan fingerprint density at radius 1 is 1.29 bits per heavy atom. The zero-order chi connectivity index (χ0) is 14.8. The van der Waals surface area contributed by atoms with Crippen molar-refractivity contribution in [3.8, 4) is 0 Å². The van der Waals surface area contributed by atoms with Gasteiger partial charge in [0.05, 0.1) is 0 Å². The molecule has 1 aliphatic rings. The smallest absolute Gasteiger partial charge is 0.223 e. The number of carbonyl (C=O) groups is 1. The molecule has 1 saturated carbocycles. The first kappa shape index (κ1) is 13.8. The fourth-order valence-electron chi connectivity index (χ4n) is 2.57. The highest BCUT2D eigenvalue weighted by atomic mass is 19.2. The van der Waals surface area contributed by atoms with Crippen LogP contribution in [-0.2, 0) is 11.2 Å². The van der Waals surface area contributed by atoms with E-state index < -0.39 is 11.6 Å². The van der Waals surface area contributed by atoms with Crippen LogP contribution in [0.15, 0.2) is 36.5 Å². The molecule has 1 aromatic heterocycles. The molecule has 1 heterocycles. The van der Waals surface area contributed by atoms with Gasteiger partial charge in [0, 0.05) is 30.8 Å². The Hall–Kier alpha value is -2.17. The summed E-state index contributed by atoms with van der Waals surface area (Å²) in [5, 5.41) is 2.88. The highest BCUT2D eigenvalue weighted by molar-refractivity contribution is 5.82. The molecule has 1 amide bonds. The van der Waals surface area contributed by atoms with Crippen LogP contribution in [0.25, 0.3) is 0 Å². The highest BCUT2D eigenvalue weighted by Gasteiger charge is 2.43. The molecule has 2 unspecified atom stereocenters. The van der Waals surface area contributed by atoms with E-state index in [1.807, 2.05) is 18.3 Å². The molecule has 3 rings (SSSR count). The number of nitrogens with one attached hydrogen (secondary N) is 2. The predicted molar refractivity (Wildman–Crippen MR) is 74.7 cm³/mol. The third-order valence-corrected chi connectivity index (χ3v) is 3.85. The number of rotatable bonds is 5. The number of halogens is 2. The molecule has 0 saturated heterocycles. The summed E-state index contributed by atoms with van der Waals surface area (Å²) in [4.78, 5) is 15.1. The summed E-state index contributed by atoms with van der Waals surface area (Å²) in [6.07, 6.45) is 3.29. The lowest BCUT2D eigenvalue weighted by molar-refractivity contribution is -0.122. The summed E-state index contributed by atoms with van der Waals surface area (Å²) < 4.78 is 26.1. The van der Waals surface area contributed by atoms with Gasteiger partial charge in [0.1, 0.15) is 0 Å². The summed E-state index contributed by atoms with van der Waals surface area (Å²) in [5.41, 5.74) is 1.77. The lowest BCUT2D eigenvalue weighted by Crippen LogP contribution is -2.27. The number of hydrogen-bond donors (Lipinski definition) is 2. The molecular formula is C16H16F2N2O. The van der Waals surface area contributed by atoms with Crippen molar-refractivity contribution in [2.24, 2.45) is 5.92 Å².